The molecule has 1 saturated carbocycles. The number of piperazine rings is 1. The minimum absolute atomic E-state index is 0.317. The highest BCUT2D eigenvalue weighted by Gasteiger charge is 2.38. The van der Waals surface area contributed by atoms with Gasteiger partial charge in [-0.25, -0.2) is 0 Å². The highest BCUT2D eigenvalue weighted by atomic mass is 16.5. The SMILES string of the molecule is COC(C)CN1CC(C2CCCCC2)NCC1C(C)(C)C. The lowest BCUT2D eigenvalue weighted by Gasteiger charge is -2.49. The van der Waals surface area contributed by atoms with E-state index in [4.69, 9.17) is 4.74 Å². The van der Waals surface area contributed by atoms with Gasteiger partial charge in [-0.05, 0) is 31.1 Å². The van der Waals surface area contributed by atoms with E-state index in [1.54, 1.807) is 0 Å². The minimum atomic E-state index is 0.317. The molecule has 1 N–H and O–H groups in total. The fourth-order valence-electron chi connectivity index (χ4n) is 4.15. The second-order valence-electron chi connectivity index (χ2n) is 8.29. The van der Waals surface area contributed by atoms with Crippen LogP contribution in [-0.4, -0.2) is 49.8 Å². The first-order valence-corrected chi connectivity index (χ1v) is 8.92. The van der Waals surface area contributed by atoms with Crippen LogP contribution in [0.15, 0.2) is 0 Å². The molecule has 0 spiro atoms. The lowest BCUT2D eigenvalue weighted by Crippen LogP contribution is -2.63. The maximum absolute atomic E-state index is 5.53. The Kier molecular flexibility index (Phi) is 6.10. The third-order valence-corrected chi connectivity index (χ3v) is 5.56. The van der Waals surface area contributed by atoms with E-state index in [1.165, 1.54) is 38.6 Å². The summed E-state index contributed by atoms with van der Waals surface area (Å²) in [6.45, 7) is 12.7. The number of nitrogens with zero attached hydrogens (tertiary/aromatic N) is 1. The van der Waals surface area contributed by atoms with Crippen molar-refractivity contribution in [3.63, 3.8) is 0 Å². The van der Waals surface area contributed by atoms with E-state index < -0.39 is 0 Å². The summed E-state index contributed by atoms with van der Waals surface area (Å²) in [5.41, 5.74) is 0.317. The minimum Gasteiger partial charge on any atom is -0.380 e. The lowest BCUT2D eigenvalue weighted by molar-refractivity contribution is -0.00290. The molecule has 1 saturated heterocycles. The van der Waals surface area contributed by atoms with Crippen molar-refractivity contribution in [3.05, 3.63) is 0 Å². The van der Waals surface area contributed by atoms with Crippen molar-refractivity contribution in [2.75, 3.05) is 26.7 Å². The van der Waals surface area contributed by atoms with Crippen LogP contribution in [0, 0.1) is 11.3 Å². The normalized spacial score (nSPS) is 31.3. The molecule has 2 fully saturated rings. The molecule has 0 aromatic rings. The van der Waals surface area contributed by atoms with Crippen LogP contribution < -0.4 is 5.32 Å². The van der Waals surface area contributed by atoms with Gasteiger partial charge in [-0.1, -0.05) is 40.0 Å². The smallest absolute Gasteiger partial charge is 0.0670 e. The summed E-state index contributed by atoms with van der Waals surface area (Å²) in [7, 11) is 1.83. The van der Waals surface area contributed by atoms with E-state index in [-0.39, 0.29) is 0 Å². The summed E-state index contributed by atoms with van der Waals surface area (Å²) in [6, 6.07) is 1.29. The van der Waals surface area contributed by atoms with Gasteiger partial charge in [-0.15, -0.1) is 0 Å². The molecule has 3 nitrogen and oxygen atoms in total. The molecular formula is C18H36N2O. The molecule has 0 aromatic heterocycles. The Morgan fingerprint density at radius 2 is 1.86 bits per heavy atom. The van der Waals surface area contributed by atoms with Gasteiger partial charge in [0.2, 0.25) is 0 Å². The number of ether oxygens (including phenoxy) is 1. The average Bonchev–Trinajstić information content (AvgIpc) is 2.46. The molecule has 2 rings (SSSR count). The Hall–Kier alpha value is -0.120. The highest BCUT2D eigenvalue weighted by molar-refractivity contribution is 4.95. The van der Waals surface area contributed by atoms with Crippen LogP contribution in [-0.2, 0) is 4.74 Å². The largest absolute Gasteiger partial charge is 0.380 e. The van der Waals surface area contributed by atoms with E-state index in [2.05, 4.69) is 37.9 Å². The summed E-state index contributed by atoms with van der Waals surface area (Å²) in [5, 5.41) is 3.88. The quantitative estimate of drug-likeness (QED) is 0.861. The lowest BCUT2D eigenvalue weighted by atomic mass is 9.79. The van der Waals surface area contributed by atoms with Crippen LogP contribution in [0.3, 0.4) is 0 Å². The van der Waals surface area contributed by atoms with Crippen LogP contribution in [0.1, 0.15) is 59.8 Å². The predicted octanol–water partition coefficient (Wildman–Crippen LogP) is 3.29. The van der Waals surface area contributed by atoms with E-state index in [0.29, 0.717) is 23.6 Å². The van der Waals surface area contributed by atoms with Gasteiger partial charge in [0.1, 0.15) is 0 Å². The molecule has 124 valence electrons. The highest BCUT2D eigenvalue weighted by Crippen LogP contribution is 2.32. The fraction of sp³-hybridized carbons (Fsp3) is 1.00. The summed E-state index contributed by atoms with van der Waals surface area (Å²) >= 11 is 0. The third-order valence-electron chi connectivity index (χ3n) is 5.56. The maximum Gasteiger partial charge on any atom is 0.0670 e. The van der Waals surface area contributed by atoms with Crippen LogP contribution in [0.25, 0.3) is 0 Å². The van der Waals surface area contributed by atoms with Crippen molar-refractivity contribution in [1.29, 1.82) is 0 Å². The van der Waals surface area contributed by atoms with Gasteiger partial charge < -0.3 is 10.1 Å². The van der Waals surface area contributed by atoms with E-state index in [9.17, 15) is 0 Å². The Balaban J connectivity index is 2.01. The zero-order valence-corrected chi connectivity index (χ0v) is 14.8. The first-order valence-electron chi connectivity index (χ1n) is 8.92. The molecule has 3 unspecified atom stereocenters. The molecule has 0 aromatic carbocycles. The first-order chi connectivity index (χ1) is 9.91. The van der Waals surface area contributed by atoms with Crippen molar-refractivity contribution in [2.45, 2.75) is 78.0 Å². The molecule has 0 radical (unpaired) electrons. The molecule has 1 heterocycles. The average molecular weight is 296 g/mol. The van der Waals surface area contributed by atoms with Crippen molar-refractivity contribution < 1.29 is 4.74 Å². The monoisotopic (exact) mass is 296 g/mol. The molecule has 1 aliphatic carbocycles. The molecule has 0 amide bonds. The molecule has 0 bridgehead atoms. The van der Waals surface area contributed by atoms with Gasteiger partial charge in [-0.3, -0.25) is 4.90 Å². The van der Waals surface area contributed by atoms with Crippen LogP contribution in [0.4, 0.5) is 0 Å². The van der Waals surface area contributed by atoms with Crippen molar-refractivity contribution in [3.8, 4) is 0 Å². The van der Waals surface area contributed by atoms with Gasteiger partial charge in [0.25, 0.3) is 0 Å². The molecule has 2 aliphatic rings. The second kappa shape index (κ2) is 7.43. The Morgan fingerprint density at radius 3 is 2.43 bits per heavy atom. The van der Waals surface area contributed by atoms with E-state index >= 15 is 0 Å². The van der Waals surface area contributed by atoms with Crippen molar-refractivity contribution >= 4 is 0 Å². The van der Waals surface area contributed by atoms with Gasteiger partial charge in [-0.2, -0.15) is 0 Å². The first kappa shape index (κ1) is 17.2. The predicted molar refractivity (Wildman–Crippen MR) is 89.7 cm³/mol. The zero-order valence-electron chi connectivity index (χ0n) is 14.8. The molecule has 3 atom stereocenters. The van der Waals surface area contributed by atoms with Gasteiger partial charge in [0.05, 0.1) is 6.10 Å². The molecular weight excluding hydrogens is 260 g/mol. The van der Waals surface area contributed by atoms with Gasteiger partial charge in [0.15, 0.2) is 0 Å². The third kappa shape index (κ3) is 4.67. The van der Waals surface area contributed by atoms with E-state index in [1.807, 2.05) is 7.11 Å². The van der Waals surface area contributed by atoms with Gasteiger partial charge >= 0.3 is 0 Å². The Morgan fingerprint density at radius 1 is 1.19 bits per heavy atom. The molecule has 21 heavy (non-hydrogen) atoms. The number of hydrogen-bond donors (Lipinski definition) is 1. The molecule has 3 heteroatoms. The fourth-order valence-corrected chi connectivity index (χ4v) is 4.15. The Bertz CT molecular complexity index is 307. The van der Waals surface area contributed by atoms with Crippen LogP contribution >= 0.6 is 0 Å². The Labute approximate surface area is 131 Å². The standard InChI is InChI=1S/C18H36N2O/c1-14(21-5)12-20-13-16(15-9-7-6-8-10-15)19-11-17(20)18(2,3)4/h14-17,19H,6-13H2,1-5H3. The second-order valence-corrected chi connectivity index (χ2v) is 8.29. The van der Waals surface area contributed by atoms with E-state index in [0.717, 1.165) is 19.0 Å². The number of nitrogens with one attached hydrogen (secondary N) is 1. The van der Waals surface area contributed by atoms with Crippen molar-refractivity contribution in [2.24, 2.45) is 11.3 Å². The number of methoxy groups -OCH3 is 1. The molecule has 1 aliphatic heterocycles. The number of hydrogen-bond acceptors (Lipinski definition) is 3. The van der Waals surface area contributed by atoms with Crippen molar-refractivity contribution in [1.82, 2.24) is 10.2 Å². The van der Waals surface area contributed by atoms with Gasteiger partial charge in [0, 0.05) is 38.8 Å². The summed E-state index contributed by atoms with van der Waals surface area (Å²) in [4.78, 5) is 2.70. The number of rotatable bonds is 4. The summed E-state index contributed by atoms with van der Waals surface area (Å²) in [6.07, 6.45) is 7.47. The summed E-state index contributed by atoms with van der Waals surface area (Å²) in [5.74, 6) is 0.889. The van der Waals surface area contributed by atoms with Crippen LogP contribution in [0.2, 0.25) is 0 Å². The maximum atomic E-state index is 5.53. The summed E-state index contributed by atoms with van der Waals surface area (Å²) < 4.78 is 5.53. The van der Waals surface area contributed by atoms with Crippen LogP contribution in [0.5, 0.6) is 0 Å². The topological polar surface area (TPSA) is 24.5 Å². The zero-order chi connectivity index (χ0) is 15.5.